The van der Waals surface area contributed by atoms with Crippen LogP contribution in [0.1, 0.15) is 24.8 Å². The monoisotopic (exact) mass is 491 g/mol. The topological polar surface area (TPSA) is 73.3 Å². The number of fused-ring (bicyclic) bond motifs is 1. The Kier molecular flexibility index (Phi) is 10.00. The largest absolute Gasteiger partial charge is 0.490 e. The highest BCUT2D eigenvalue weighted by Crippen LogP contribution is 2.30. The maximum absolute atomic E-state index is 5.76. The summed E-state index contributed by atoms with van der Waals surface area (Å²) in [6, 6.07) is 6.04. The minimum atomic E-state index is 0. The van der Waals surface area contributed by atoms with Gasteiger partial charge in [-0.25, -0.2) is 0 Å². The summed E-state index contributed by atoms with van der Waals surface area (Å²) in [4.78, 5) is 4.26. The second-order valence-electron chi connectivity index (χ2n) is 6.39. The molecule has 0 aromatic heterocycles. The number of benzene rings is 1. The molecule has 1 fully saturated rings. The first-order valence-electron chi connectivity index (χ1n) is 9.37. The summed E-state index contributed by atoms with van der Waals surface area (Å²) in [5, 5.41) is 6.63. The maximum Gasteiger partial charge on any atom is 0.191 e. The van der Waals surface area contributed by atoms with Gasteiger partial charge in [-0.05, 0) is 30.5 Å². The SMILES string of the molecule is CN=C(NCCCOC1CCOC1)NCc1ccc2c(c1)OCCCO2.I. The normalized spacial score (nSPS) is 19.1. The number of guanidine groups is 1. The van der Waals surface area contributed by atoms with Crippen molar-refractivity contribution in [3.8, 4) is 11.5 Å². The molecule has 0 saturated carbocycles. The molecule has 8 heteroatoms. The van der Waals surface area contributed by atoms with E-state index in [-0.39, 0.29) is 30.1 Å². The molecule has 1 atom stereocenters. The van der Waals surface area contributed by atoms with E-state index in [1.807, 2.05) is 18.2 Å². The maximum atomic E-state index is 5.76. The molecule has 152 valence electrons. The molecule has 0 bridgehead atoms. The average Bonchev–Trinajstić information content (AvgIpc) is 3.07. The first-order chi connectivity index (χ1) is 12.8. The van der Waals surface area contributed by atoms with Crippen LogP contribution in [-0.2, 0) is 16.0 Å². The zero-order valence-corrected chi connectivity index (χ0v) is 18.2. The second kappa shape index (κ2) is 12.2. The molecule has 1 unspecified atom stereocenters. The van der Waals surface area contributed by atoms with E-state index in [1.165, 1.54) is 0 Å². The van der Waals surface area contributed by atoms with Gasteiger partial charge < -0.3 is 29.6 Å². The fourth-order valence-corrected chi connectivity index (χ4v) is 2.90. The second-order valence-corrected chi connectivity index (χ2v) is 6.39. The van der Waals surface area contributed by atoms with Crippen LogP contribution in [0.5, 0.6) is 11.5 Å². The first-order valence-corrected chi connectivity index (χ1v) is 9.37. The van der Waals surface area contributed by atoms with Crippen LogP contribution in [0.3, 0.4) is 0 Å². The van der Waals surface area contributed by atoms with Gasteiger partial charge >= 0.3 is 0 Å². The van der Waals surface area contributed by atoms with Gasteiger partial charge in [0.1, 0.15) is 0 Å². The summed E-state index contributed by atoms with van der Waals surface area (Å²) in [5.41, 5.74) is 1.13. The Balaban J connectivity index is 0.00000261. The molecular weight excluding hydrogens is 461 g/mol. The molecule has 0 amide bonds. The van der Waals surface area contributed by atoms with Crippen LogP contribution in [0.4, 0.5) is 0 Å². The molecule has 2 N–H and O–H groups in total. The number of nitrogens with zero attached hydrogens (tertiary/aromatic N) is 1. The lowest BCUT2D eigenvalue weighted by molar-refractivity contribution is 0.0420. The van der Waals surface area contributed by atoms with Gasteiger partial charge in [0.05, 0.1) is 25.9 Å². The van der Waals surface area contributed by atoms with Crippen molar-refractivity contribution in [1.82, 2.24) is 10.6 Å². The molecule has 1 saturated heterocycles. The zero-order valence-electron chi connectivity index (χ0n) is 15.9. The van der Waals surface area contributed by atoms with Gasteiger partial charge in [-0.15, -0.1) is 24.0 Å². The summed E-state index contributed by atoms with van der Waals surface area (Å²) in [6.07, 6.45) is 3.12. The lowest BCUT2D eigenvalue weighted by Gasteiger charge is -2.14. The lowest BCUT2D eigenvalue weighted by atomic mass is 10.2. The van der Waals surface area contributed by atoms with Crippen molar-refractivity contribution in [3.63, 3.8) is 0 Å². The molecule has 7 nitrogen and oxygen atoms in total. The Hall–Kier alpha value is -1.26. The van der Waals surface area contributed by atoms with E-state index in [0.29, 0.717) is 19.8 Å². The third-order valence-electron chi connectivity index (χ3n) is 4.35. The van der Waals surface area contributed by atoms with E-state index in [4.69, 9.17) is 18.9 Å². The number of ether oxygens (including phenoxy) is 4. The van der Waals surface area contributed by atoms with E-state index in [9.17, 15) is 0 Å². The van der Waals surface area contributed by atoms with Gasteiger partial charge in [-0.3, -0.25) is 4.99 Å². The van der Waals surface area contributed by atoms with Crippen LogP contribution in [-0.4, -0.2) is 58.7 Å². The van der Waals surface area contributed by atoms with Gasteiger partial charge in [0, 0.05) is 39.8 Å². The molecule has 2 aliphatic heterocycles. The number of rotatable bonds is 7. The fourth-order valence-electron chi connectivity index (χ4n) is 2.90. The molecular formula is C19H30IN3O4. The minimum Gasteiger partial charge on any atom is -0.490 e. The van der Waals surface area contributed by atoms with Crippen LogP contribution in [0.25, 0.3) is 0 Å². The first kappa shape index (κ1) is 22.0. The van der Waals surface area contributed by atoms with Gasteiger partial charge in [0.15, 0.2) is 17.5 Å². The minimum absolute atomic E-state index is 0. The number of nitrogens with one attached hydrogen (secondary N) is 2. The standard InChI is InChI=1S/C19H29N3O4.HI/c1-20-19(21-7-2-8-24-16-6-11-23-14-16)22-13-15-4-5-17-18(12-15)26-10-3-9-25-17;/h4-5,12,16H,2-3,6-11,13-14H2,1H3,(H2,20,21,22);1H. The Morgan fingerprint density at radius 3 is 2.81 bits per heavy atom. The molecule has 0 aliphatic carbocycles. The van der Waals surface area contributed by atoms with Crippen LogP contribution in [0, 0.1) is 0 Å². The van der Waals surface area contributed by atoms with E-state index in [2.05, 4.69) is 15.6 Å². The summed E-state index contributed by atoms with van der Waals surface area (Å²) < 4.78 is 22.5. The van der Waals surface area contributed by atoms with Crippen LogP contribution < -0.4 is 20.1 Å². The highest BCUT2D eigenvalue weighted by molar-refractivity contribution is 14.0. The summed E-state index contributed by atoms with van der Waals surface area (Å²) in [6.45, 7) is 5.17. The lowest BCUT2D eigenvalue weighted by Crippen LogP contribution is -2.37. The predicted molar refractivity (Wildman–Crippen MR) is 115 cm³/mol. The molecule has 3 rings (SSSR count). The summed E-state index contributed by atoms with van der Waals surface area (Å²) in [5.74, 6) is 2.42. The zero-order chi connectivity index (χ0) is 18.0. The molecule has 2 aliphatic rings. The molecule has 0 spiro atoms. The van der Waals surface area contributed by atoms with E-state index < -0.39 is 0 Å². The van der Waals surface area contributed by atoms with Gasteiger partial charge in [-0.1, -0.05) is 6.07 Å². The predicted octanol–water partition coefficient (Wildman–Crippen LogP) is 2.33. The number of hydrogen-bond acceptors (Lipinski definition) is 5. The van der Waals surface area contributed by atoms with Crippen molar-refractivity contribution < 1.29 is 18.9 Å². The van der Waals surface area contributed by atoms with Crippen LogP contribution >= 0.6 is 24.0 Å². The van der Waals surface area contributed by atoms with Gasteiger partial charge in [0.25, 0.3) is 0 Å². The number of halogens is 1. The third-order valence-corrected chi connectivity index (χ3v) is 4.35. The Morgan fingerprint density at radius 2 is 2.04 bits per heavy atom. The Morgan fingerprint density at radius 1 is 1.19 bits per heavy atom. The van der Waals surface area contributed by atoms with Crippen molar-refractivity contribution >= 4 is 29.9 Å². The molecule has 0 radical (unpaired) electrons. The quantitative estimate of drug-likeness (QED) is 0.264. The molecule has 2 heterocycles. The average molecular weight is 491 g/mol. The molecule has 27 heavy (non-hydrogen) atoms. The van der Waals surface area contributed by atoms with Crippen molar-refractivity contribution in [3.05, 3.63) is 23.8 Å². The Labute approximate surface area is 178 Å². The fraction of sp³-hybridized carbons (Fsp3) is 0.632. The van der Waals surface area contributed by atoms with Crippen LogP contribution in [0.2, 0.25) is 0 Å². The van der Waals surface area contributed by atoms with Crippen molar-refractivity contribution in [2.45, 2.75) is 31.9 Å². The van der Waals surface area contributed by atoms with E-state index in [1.54, 1.807) is 7.05 Å². The van der Waals surface area contributed by atoms with Crippen molar-refractivity contribution in [2.75, 3.05) is 46.6 Å². The van der Waals surface area contributed by atoms with Gasteiger partial charge in [0.2, 0.25) is 0 Å². The van der Waals surface area contributed by atoms with E-state index >= 15 is 0 Å². The van der Waals surface area contributed by atoms with Crippen LogP contribution in [0.15, 0.2) is 23.2 Å². The third kappa shape index (κ3) is 7.34. The smallest absolute Gasteiger partial charge is 0.191 e. The highest BCUT2D eigenvalue weighted by atomic mass is 127. The van der Waals surface area contributed by atoms with E-state index in [0.717, 1.165) is 68.6 Å². The highest BCUT2D eigenvalue weighted by Gasteiger charge is 2.15. The van der Waals surface area contributed by atoms with Crippen molar-refractivity contribution in [1.29, 1.82) is 0 Å². The molecule has 1 aromatic rings. The number of hydrogen-bond donors (Lipinski definition) is 2. The molecule has 1 aromatic carbocycles. The summed E-state index contributed by atoms with van der Waals surface area (Å²) >= 11 is 0. The summed E-state index contributed by atoms with van der Waals surface area (Å²) in [7, 11) is 1.77. The Bertz CT molecular complexity index is 594. The number of aliphatic imine (C=N–C) groups is 1. The van der Waals surface area contributed by atoms with Gasteiger partial charge in [-0.2, -0.15) is 0 Å². The van der Waals surface area contributed by atoms with Crippen molar-refractivity contribution in [2.24, 2.45) is 4.99 Å².